The Labute approximate surface area is 122 Å². The van der Waals surface area contributed by atoms with E-state index in [0.717, 1.165) is 43.5 Å². The molecule has 2 aromatic heterocycles. The van der Waals surface area contributed by atoms with Crippen molar-refractivity contribution >= 4 is 17.4 Å². The van der Waals surface area contributed by atoms with Crippen LogP contribution < -0.4 is 4.90 Å². The van der Waals surface area contributed by atoms with Crippen molar-refractivity contribution in [3.8, 4) is 0 Å². The molecule has 1 aliphatic heterocycles. The molecule has 0 aliphatic carbocycles. The van der Waals surface area contributed by atoms with Crippen LogP contribution in [0.1, 0.15) is 12.2 Å². The summed E-state index contributed by atoms with van der Waals surface area (Å²) in [7, 11) is 0. The fourth-order valence-electron chi connectivity index (χ4n) is 2.59. The molecule has 2 aromatic rings. The largest absolute Gasteiger partial charge is 0.481 e. The summed E-state index contributed by atoms with van der Waals surface area (Å²) in [6, 6.07) is 0. The van der Waals surface area contributed by atoms with Gasteiger partial charge in [-0.25, -0.2) is 4.98 Å². The summed E-state index contributed by atoms with van der Waals surface area (Å²) >= 11 is 0. The third kappa shape index (κ3) is 2.80. The summed E-state index contributed by atoms with van der Waals surface area (Å²) in [5.74, 6) is 0.938. The topological polar surface area (TPSA) is 86.9 Å². The molecule has 8 heteroatoms. The predicted molar refractivity (Wildman–Crippen MR) is 76.4 cm³/mol. The van der Waals surface area contributed by atoms with Crippen molar-refractivity contribution in [2.24, 2.45) is 0 Å². The second-order valence-corrected chi connectivity index (χ2v) is 5.16. The molecule has 3 rings (SSSR count). The van der Waals surface area contributed by atoms with Crippen molar-refractivity contribution in [1.29, 1.82) is 0 Å². The van der Waals surface area contributed by atoms with Crippen LogP contribution in [0, 0.1) is 6.92 Å². The van der Waals surface area contributed by atoms with Crippen LogP contribution in [0.3, 0.4) is 0 Å². The van der Waals surface area contributed by atoms with Crippen LogP contribution in [-0.4, -0.2) is 68.3 Å². The number of carboxylic acid groups (broad SMARTS) is 1. The molecule has 0 atom stereocenters. The zero-order valence-electron chi connectivity index (χ0n) is 11.9. The van der Waals surface area contributed by atoms with E-state index in [1.54, 1.807) is 6.20 Å². The van der Waals surface area contributed by atoms with E-state index in [4.69, 9.17) is 5.11 Å². The van der Waals surface area contributed by atoms with E-state index in [2.05, 4.69) is 25.0 Å². The van der Waals surface area contributed by atoms with Crippen molar-refractivity contribution in [2.75, 3.05) is 37.6 Å². The lowest BCUT2D eigenvalue weighted by molar-refractivity contribution is -0.137. The van der Waals surface area contributed by atoms with Gasteiger partial charge in [-0.2, -0.15) is 0 Å². The Bertz CT molecular complexity index is 647. The molecule has 0 bridgehead atoms. The lowest BCUT2D eigenvalue weighted by Gasteiger charge is -2.35. The molecule has 3 heterocycles. The van der Waals surface area contributed by atoms with Gasteiger partial charge in [0.25, 0.3) is 0 Å². The Balaban J connectivity index is 1.70. The highest BCUT2D eigenvalue weighted by Gasteiger charge is 2.21. The first-order valence-electron chi connectivity index (χ1n) is 7.00. The summed E-state index contributed by atoms with van der Waals surface area (Å²) in [5, 5.41) is 17.0. The van der Waals surface area contributed by atoms with Crippen molar-refractivity contribution in [1.82, 2.24) is 24.5 Å². The van der Waals surface area contributed by atoms with Gasteiger partial charge in [0.1, 0.15) is 5.82 Å². The number of carboxylic acids is 1. The first-order chi connectivity index (χ1) is 10.1. The number of aliphatic carboxylic acids is 1. The fourth-order valence-corrected chi connectivity index (χ4v) is 2.59. The van der Waals surface area contributed by atoms with Crippen LogP contribution in [0.25, 0.3) is 5.65 Å². The lowest BCUT2D eigenvalue weighted by atomic mass is 10.3. The van der Waals surface area contributed by atoms with E-state index in [-0.39, 0.29) is 6.42 Å². The molecule has 1 fully saturated rings. The highest BCUT2D eigenvalue weighted by atomic mass is 16.4. The van der Waals surface area contributed by atoms with Gasteiger partial charge in [0.05, 0.1) is 6.42 Å². The first-order valence-corrected chi connectivity index (χ1v) is 7.00. The summed E-state index contributed by atoms with van der Waals surface area (Å²) in [4.78, 5) is 19.4. The number of piperazine rings is 1. The summed E-state index contributed by atoms with van der Waals surface area (Å²) < 4.78 is 1.93. The molecule has 8 nitrogen and oxygen atoms in total. The zero-order chi connectivity index (χ0) is 14.8. The van der Waals surface area contributed by atoms with Gasteiger partial charge in [0.2, 0.25) is 5.65 Å². The van der Waals surface area contributed by atoms with E-state index >= 15 is 0 Å². The third-order valence-corrected chi connectivity index (χ3v) is 3.79. The number of fused-ring (bicyclic) bond motifs is 1. The maximum atomic E-state index is 10.6. The van der Waals surface area contributed by atoms with E-state index in [0.29, 0.717) is 6.54 Å². The summed E-state index contributed by atoms with van der Waals surface area (Å²) in [6.45, 7) is 5.82. The lowest BCUT2D eigenvalue weighted by Crippen LogP contribution is -2.47. The van der Waals surface area contributed by atoms with Gasteiger partial charge in [-0.3, -0.25) is 14.1 Å². The first kappa shape index (κ1) is 13.7. The van der Waals surface area contributed by atoms with E-state index in [1.165, 1.54) is 0 Å². The van der Waals surface area contributed by atoms with Crippen LogP contribution in [0.2, 0.25) is 0 Å². The average molecular weight is 290 g/mol. The predicted octanol–water partition coefficient (Wildman–Crippen LogP) is 0.0294. The number of aryl methyl sites for hydroxylation is 1. The zero-order valence-corrected chi connectivity index (χ0v) is 11.9. The molecule has 0 unspecified atom stereocenters. The van der Waals surface area contributed by atoms with Crippen LogP contribution in [0.15, 0.2) is 12.4 Å². The molecule has 112 valence electrons. The second kappa shape index (κ2) is 5.65. The Kier molecular flexibility index (Phi) is 3.70. The molecule has 0 saturated carbocycles. The minimum Gasteiger partial charge on any atom is -0.481 e. The van der Waals surface area contributed by atoms with Crippen molar-refractivity contribution in [3.63, 3.8) is 0 Å². The molecule has 0 spiro atoms. The Morgan fingerprint density at radius 2 is 2.05 bits per heavy atom. The van der Waals surface area contributed by atoms with Crippen LogP contribution >= 0.6 is 0 Å². The molecule has 1 N–H and O–H groups in total. The Hall–Kier alpha value is -2.22. The number of carbonyl (C=O) groups is 1. The molecular formula is C13H18N6O2. The van der Waals surface area contributed by atoms with Gasteiger partial charge >= 0.3 is 5.97 Å². The standard InChI is InChI=1S/C13H18N6O2/c1-10-15-16-13-12(14-3-5-19(10)13)18-8-6-17(7-9-18)4-2-11(20)21/h3,5H,2,4,6-9H2,1H3,(H,20,21). The summed E-state index contributed by atoms with van der Waals surface area (Å²) in [6.07, 6.45) is 3.81. The number of anilines is 1. The number of nitrogens with zero attached hydrogens (tertiary/aromatic N) is 6. The SMILES string of the molecule is Cc1nnc2c(N3CCN(CCC(=O)O)CC3)nccn12. The Morgan fingerprint density at radius 3 is 2.76 bits per heavy atom. The van der Waals surface area contributed by atoms with E-state index in [1.807, 2.05) is 17.5 Å². The molecular weight excluding hydrogens is 272 g/mol. The van der Waals surface area contributed by atoms with Gasteiger partial charge in [-0.15, -0.1) is 10.2 Å². The maximum Gasteiger partial charge on any atom is 0.304 e. The van der Waals surface area contributed by atoms with Gasteiger partial charge < -0.3 is 10.0 Å². The number of aromatic nitrogens is 4. The molecule has 0 radical (unpaired) electrons. The van der Waals surface area contributed by atoms with E-state index in [9.17, 15) is 4.79 Å². The average Bonchev–Trinajstić information content (AvgIpc) is 2.87. The van der Waals surface area contributed by atoms with Crippen molar-refractivity contribution < 1.29 is 9.90 Å². The normalized spacial score (nSPS) is 16.5. The maximum absolute atomic E-state index is 10.6. The monoisotopic (exact) mass is 290 g/mol. The third-order valence-electron chi connectivity index (χ3n) is 3.79. The van der Waals surface area contributed by atoms with Gasteiger partial charge in [0.15, 0.2) is 5.82 Å². The minimum absolute atomic E-state index is 0.192. The van der Waals surface area contributed by atoms with Crippen LogP contribution in [0.5, 0.6) is 0 Å². The molecule has 0 aromatic carbocycles. The van der Waals surface area contributed by atoms with Gasteiger partial charge in [-0.1, -0.05) is 0 Å². The smallest absolute Gasteiger partial charge is 0.304 e. The summed E-state index contributed by atoms with van der Waals surface area (Å²) in [5.41, 5.74) is 0.772. The second-order valence-electron chi connectivity index (χ2n) is 5.16. The number of rotatable bonds is 4. The minimum atomic E-state index is -0.747. The molecule has 21 heavy (non-hydrogen) atoms. The highest BCUT2D eigenvalue weighted by molar-refractivity contribution is 5.67. The number of hydrogen-bond acceptors (Lipinski definition) is 6. The fraction of sp³-hybridized carbons (Fsp3) is 0.538. The van der Waals surface area contributed by atoms with Crippen molar-refractivity contribution in [3.05, 3.63) is 18.2 Å². The highest BCUT2D eigenvalue weighted by Crippen LogP contribution is 2.19. The van der Waals surface area contributed by atoms with Crippen LogP contribution in [-0.2, 0) is 4.79 Å². The van der Waals surface area contributed by atoms with Gasteiger partial charge in [-0.05, 0) is 6.92 Å². The molecule has 1 aliphatic rings. The molecule has 0 amide bonds. The van der Waals surface area contributed by atoms with Crippen molar-refractivity contribution in [2.45, 2.75) is 13.3 Å². The van der Waals surface area contributed by atoms with E-state index < -0.39 is 5.97 Å². The number of hydrogen-bond donors (Lipinski definition) is 1. The van der Waals surface area contributed by atoms with Crippen LogP contribution in [0.4, 0.5) is 5.82 Å². The van der Waals surface area contributed by atoms with Gasteiger partial charge in [0, 0.05) is 45.1 Å². The molecule has 1 saturated heterocycles. The quantitative estimate of drug-likeness (QED) is 0.850. The Morgan fingerprint density at radius 1 is 1.29 bits per heavy atom.